The summed E-state index contributed by atoms with van der Waals surface area (Å²) in [4.78, 5) is 22.6. The molecule has 0 aliphatic rings. The van der Waals surface area contributed by atoms with E-state index >= 15 is 0 Å². The fourth-order valence-corrected chi connectivity index (χ4v) is 1.40. The normalized spacial score (nSPS) is 9.59. The van der Waals surface area contributed by atoms with Crippen molar-refractivity contribution >= 4 is 29.3 Å². The van der Waals surface area contributed by atoms with Crippen LogP contribution in [0.3, 0.4) is 0 Å². The first-order valence-corrected chi connectivity index (χ1v) is 5.41. The molecule has 2 amide bonds. The van der Waals surface area contributed by atoms with Gasteiger partial charge in [-0.05, 0) is 25.1 Å². The highest BCUT2D eigenvalue weighted by Gasteiger charge is 2.10. The lowest BCUT2D eigenvalue weighted by Gasteiger charge is -2.08. The summed E-state index contributed by atoms with van der Waals surface area (Å²) in [5.41, 5.74) is 0.745. The molecule has 0 aliphatic heterocycles. The topological polar surface area (TPSA) is 67.4 Å². The molecular formula is C11H13ClN2O3. The molecule has 1 aromatic rings. The van der Waals surface area contributed by atoms with Crippen molar-refractivity contribution in [2.24, 2.45) is 0 Å². The lowest BCUT2D eigenvalue weighted by Crippen LogP contribution is -2.19. The number of nitrogens with one attached hydrogen (secondary N) is 2. The van der Waals surface area contributed by atoms with Gasteiger partial charge in [0.15, 0.2) is 0 Å². The lowest BCUT2D eigenvalue weighted by atomic mass is 10.2. The Labute approximate surface area is 104 Å². The van der Waals surface area contributed by atoms with E-state index in [-0.39, 0.29) is 12.5 Å². The molecule has 2 N–H and O–H groups in total. The molecule has 0 fully saturated rings. The van der Waals surface area contributed by atoms with Crippen LogP contribution in [0.1, 0.15) is 17.3 Å². The Morgan fingerprint density at radius 2 is 2.12 bits per heavy atom. The molecule has 1 aromatic carbocycles. The van der Waals surface area contributed by atoms with Crippen LogP contribution in [0.15, 0.2) is 18.2 Å². The number of halogens is 1. The van der Waals surface area contributed by atoms with Crippen molar-refractivity contribution in [1.82, 2.24) is 5.32 Å². The van der Waals surface area contributed by atoms with E-state index in [1.54, 1.807) is 13.0 Å². The Morgan fingerprint density at radius 1 is 1.41 bits per heavy atom. The maximum absolute atomic E-state index is 11.5. The molecule has 0 atom stereocenters. The third kappa shape index (κ3) is 3.64. The van der Waals surface area contributed by atoms with Gasteiger partial charge in [0.2, 0.25) is 0 Å². The highest BCUT2D eigenvalue weighted by molar-refractivity contribution is 6.34. The van der Waals surface area contributed by atoms with Gasteiger partial charge < -0.3 is 10.1 Å². The van der Waals surface area contributed by atoms with Gasteiger partial charge >= 0.3 is 6.09 Å². The second kappa shape index (κ2) is 6.10. The van der Waals surface area contributed by atoms with Crippen LogP contribution in [-0.2, 0) is 4.74 Å². The number of carbonyl (C=O) groups is 2. The molecule has 0 aliphatic carbocycles. The van der Waals surface area contributed by atoms with Crippen molar-refractivity contribution in [2.75, 3.05) is 19.0 Å². The van der Waals surface area contributed by atoms with Crippen LogP contribution >= 0.6 is 11.6 Å². The highest BCUT2D eigenvalue weighted by Crippen LogP contribution is 2.20. The molecule has 6 heteroatoms. The van der Waals surface area contributed by atoms with Crippen LogP contribution in [-0.4, -0.2) is 25.7 Å². The van der Waals surface area contributed by atoms with Gasteiger partial charge in [0.1, 0.15) is 0 Å². The summed E-state index contributed by atoms with van der Waals surface area (Å²) in [6.45, 7) is 1.99. The molecule has 0 spiro atoms. The molecule has 0 saturated carbocycles. The zero-order valence-electron chi connectivity index (χ0n) is 9.54. The number of rotatable bonds is 3. The number of benzene rings is 1. The summed E-state index contributed by atoms with van der Waals surface area (Å²) >= 11 is 5.86. The summed E-state index contributed by atoms with van der Waals surface area (Å²) in [5.74, 6) is -0.317. The van der Waals surface area contributed by atoms with Gasteiger partial charge in [-0.2, -0.15) is 0 Å². The van der Waals surface area contributed by atoms with E-state index in [1.165, 1.54) is 19.2 Å². The lowest BCUT2D eigenvalue weighted by molar-refractivity contribution is 0.0963. The van der Waals surface area contributed by atoms with Crippen LogP contribution in [0.2, 0.25) is 5.02 Å². The molecule has 0 aromatic heterocycles. The van der Waals surface area contributed by atoms with Crippen molar-refractivity contribution in [3.63, 3.8) is 0 Å². The summed E-state index contributed by atoms with van der Waals surface area (Å²) in [6, 6.07) is 4.61. The standard InChI is InChI=1S/C11H13ClN2O3/c1-3-17-11(16)14-7-4-5-9(12)8(6-7)10(15)13-2/h4-6H,3H2,1-2H3,(H,13,15)(H,14,16). The molecule has 0 heterocycles. The van der Waals surface area contributed by atoms with Crippen molar-refractivity contribution in [2.45, 2.75) is 6.92 Å². The smallest absolute Gasteiger partial charge is 0.411 e. The summed E-state index contributed by atoms with van der Waals surface area (Å²) in [6.07, 6.45) is -0.572. The second-order valence-corrected chi connectivity index (χ2v) is 3.53. The number of hydrogen-bond donors (Lipinski definition) is 2. The number of hydrogen-bond acceptors (Lipinski definition) is 3. The van der Waals surface area contributed by atoms with Crippen LogP contribution < -0.4 is 10.6 Å². The predicted octanol–water partition coefficient (Wildman–Crippen LogP) is 2.27. The maximum atomic E-state index is 11.5. The summed E-state index contributed by atoms with van der Waals surface area (Å²) in [7, 11) is 1.50. The first-order chi connectivity index (χ1) is 8.08. The fourth-order valence-electron chi connectivity index (χ4n) is 1.20. The fraction of sp³-hybridized carbons (Fsp3) is 0.273. The molecule has 92 valence electrons. The Kier molecular flexibility index (Phi) is 4.78. The van der Waals surface area contributed by atoms with E-state index < -0.39 is 6.09 Å². The van der Waals surface area contributed by atoms with Gasteiger partial charge in [-0.25, -0.2) is 4.79 Å². The predicted molar refractivity (Wildman–Crippen MR) is 65.5 cm³/mol. The van der Waals surface area contributed by atoms with Crippen LogP contribution in [0.5, 0.6) is 0 Å². The van der Waals surface area contributed by atoms with E-state index in [0.717, 1.165) is 0 Å². The van der Waals surface area contributed by atoms with Gasteiger partial charge in [0.05, 0.1) is 17.2 Å². The molecule has 0 unspecified atom stereocenters. The van der Waals surface area contributed by atoms with E-state index in [1.807, 2.05) is 0 Å². The molecule has 1 rings (SSSR count). The first kappa shape index (κ1) is 13.3. The molecule has 5 nitrogen and oxygen atoms in total. The van der Waals surface area contributed by atoms with Crippen LogP contribution in [0.25, 0.3) is 0 Å². The maximum Gasteiger partial charge on any atom is 0.411 e. The molecular weight excluding hydrogens is 244 g/mol. The number of amides is 2. The Morgan fingerprint density at radius 3 is 2.71 bits per heavy atom. The molecule has 0 saturated heterocycles. The van der Waals surface area contributed by atoms with E-state index in [0.29, 0.717) is 16.3 Å². The van der Waals surface area contributed by atoms with Crippen LogP contribution in [0, 0.1) is 0 Å². The monoisotopic (exact) mass is 256 g/mol. The number of ether oxygens (including phenoxy) is 1. The second-order valence-electron chi connectivity index (χ2n) is 3.12. The van der Waals surface area contributed by atoms with Crippen LogP contribution in [0.4, 0.5) is 10.5 Å². The Bertz CT molecular complexity index is 435. The first-order valence-electron chi connectivity index (χ1n) is 5.04. The minimum atomic E-state index is -0.572. The highest BCUT2D eigenvalue weighted by atomic mass is 35.5. The van der Waals surface area contributed by atoms with Gasteiger partial charge in [0.25, 0.3) is 5.91 Å². The summed E-state index contributed by atoms with van der Waals surface area (Å²) < 4.78 is 4.72. The van der Waals surface area contributed by atoms with Gasteiger partial charge in [0, 0.05) is 12.7 Å². The number of anilines is 1. The van der Waals surface area contributed by atoms with Crippen molar-refractivity contribution in [1.29, 1.82) is 0 Å². The van der Waals surface area contributed by atoms with Crippen molar-refractivity contribution in [3.05, 3.63) is 28.8 Å². The van der Waals surface area contributed by atoms with Gasteiger partial charge in [-0.15, -0.1) is 0 Å². The average molecular weight is 257 g/mol. The summed E-state index contributed by atoms with van der Waals surface area (Å²) in [5, 5.41) is 5.27. The van der Waals surface area contributed by atoms with Crippen molar-refractivity contribution < 1.29 is 14.3 Å². The molecule has 0 bridgehead atoms. The quantitative estimate of drug-likeness (QED) is 0.872. The minimum absolute atomic E-state index is 0.279. The van der Waals surface area contributed by atoms with E-state index in [4.69, 9.17) is 16.3 Å². The number of carbonyl (C=O) groups excluding carboxylic acids is 2. The van der Waals surface area contributed by atoms with E-state index in [2.05, 4.69) is 10.6 Å². The third-order valence-corrected chi connectivity index (χ3v) is 2.29. The van der Waals surface area contributed by atoms with Gasteiger partial charge in [-0.1, -0.05) is 11.6 Å². The van der Waals surface area contributed by atoms with Gasteiger partial charge in [-0.3, -0.25) is 10.1 Å². The van der Waals surface area contributed by atoms with Crippen molar-refractivity contribution in [3.8, 4) is 0 Å². The van der Waals surface area contributed by atoms with E-state index in [9.17, 15) is 9.59 Å². The molecule has 0 radical (unpaired) electrons. The largest absolute Gasteiger partial charge is 0.450 e. The SMILES string of the molecule is CCOC(=O)Nc1ccc(Cl)c(C(=O)NC)c1. The Balaban J connectivity index is 2.89. The average Bonchev–Trinajstić information content (AvgIpc) is 2.31. The molecule has 17 heavy (non-hydrogen) atoms. The Hall–Kier alpha value is -1.75. The zero-order valence-corrected chi connectivity index (χ0v) is 10.3. The zero-order chi connectivity index (χ0) is 12.8. The minimum Gasteiger partial charge on any atom is -0.450 e. The third-order valence-electron chi connectivity index (χ3n) is 1.96.